The molecule has 0 aromatic rings. The molecule has 0 unspecified atom stereocenters. The van der Waals surface area contributed by atoms with Crippen LogP contribution in [0.1, 0.15) is 61.3 Å². The first kappa shape index (κ1) is 22.8. The molecule has 140 valence electrons. The normalized spacial score (nSPS) is 17.5. The Morgan fingerprint density at radius 2 is 1.62 bits per heavy atom. The number of ether oxygens (including phenoxy) is 1. The second-order valence-corrected chi connectivity index (χ2v) is 8.17. The number of rotatable bonds is 9. The predicted molar refractivity (Wildman–Crippen MR) is 94.4 cm³/mol. The van der Waals surface area contributed by atoms with Crippen molar-refractivity contribution in [1.82, 2.24) is 0 Å². The number of hydrogen-bond acceptors (Lipinski definition) is 5. The van der Waals surface area contributed by atoms with Crippen molar-refractivity contribution < 1.29 is 24.5 Å². The summed E-state index contributed by atoms with van der Waals surface area (Å²) in [4.78, 5) is 24.6. The molecule has 0 heterocycles. The van der Waals surface area contributed by atoms with Gasteiger partial charge in [0.05, 0.1) is 24.0 Å². The Morgan fingerprint density at radius 1 is 1.12 bits per heavy atom. The molecule has 0 bridgehead atoms. The number of ketones is 1. The van der Waals surface area contributed by atoms with Gasteiger partial charge in [-0.05, 0) is 33.1 Å². The van der Waals surface area contributed by atoms with Crippen LogP contribution in [0.3, 0.4) is 0 Å². The number of aliphatic hydroxyl groups is 2. The Balaban J connectivity index is 4.98. The van der Waals surface area contributed by atoms with Crippen molar-refractivity contribution in [3.05, 3.63) is 12.7 Å². The molecule has 0 saturated carbocycles. The molecular formula is C19H34O5. The van der Waals surface area contributed by atoms with Crippen LogP contribution in [0.25, 0.3) is 0 Å². The van der Waals surface area contributed by atoms with Crippen LogP contribution in [-0.2, 0) is 14.3 Å². The third-order valence-electron chi connectivity index (χ3n) is 4.30. The molecule has 5 nitrogen and oxygen atoms in total. The van der Waals surface area contributed by atoms with Crippen LogP contribution in [0.5, 0.6) is 0 Å². The average Bonchev–Trinajstić information content (AvgIpc) is 2.42. The van der Waals surface area contributed by atoms with E-state index in [0.717, 1.165) is 0 Å². The monoisotopic (exact) mass is 342 g/mol. The Labute approximate surface area is 146 Å². The summed E-state index contributed by atoms with van der Waals surface area (Å²) >= 11 is 0. The fourth-order valence-electron chi connectivity index (χ4n) is 2.60. The van der Waals surface area contributed by atoms with E-state index in [-0.39, 0.29) is 18.1 Å². The molecular weight excluding hydrogens is 308 g/mol. The molecule has 0 amide bonds. The second kappa shape index (κ2) is 8.77. The van der Waals surface area contributed by atoms with Crippen molar-refractivity contribution in [3.63, 3.8) is 0 Å². The summed E-state index contributed by atoms with van der Waals surface area (Å²) in [6, 6.07) is 0. The summed E-state index contributed by atoms with van der Waals surface area (Å²) in [5.41, 5.74) is -1.81. The summed E-state index contributed by atoms with van der Waals surface area (Å²) in [7, 11) is 0. The molecule has 0 fully saturated rings. The SMILES string of the molecule is C=CC[C@H](C)[C@H](O)[C@@H](C)C(=O)C(C)(C)[C@@H](O)CC(=O)OC(C)(C)C. The van der Waals surface area contributed by atoms with E-state index in [9.17, 15) is 19.8 Å². The third-order valence-corrected chi connectivity index (χ3v) is 4.30. The average molecular weight is 342 g/mol. The first-order chi connectivity index (χ1) is 10.7. The Kier molecular flexibility index (Phi) is 8.33. The van der Waals surface area contributed by atoms with E-state index in [4.69, 9.17) is 4.74 Å². The second-order valence-electron chi connectivity index (χ2n) is 8.17. The number of esters is 1. The van der Waals surface area contributed by atoms with E-state index in [1.807, 2.05) is 6.92 Å². The number of aliphatic hydroxyl groups excluding tert-OH is 2. The Morgan fingerprint density at radius 3 is 2.04 bits per heavy atom. The van der Waals surface area contributed by atoms with Gasteiger partial charge in [-0.1, -0.05) is 33.8 Å². The fourth-order valence-corrected chi connectivity index (χ4v) is 2.60. The third kappa shape index (κ3) is 6.73. The molecule has 0 aliphatic rings. The van der Waals surface area contributed by atoms with Crippen molar-refractivity contribution in [1.29, 1.82) is 0 Å². The number of carbonyl (C=O) groups is 2. The van der Waals surface area contributed by atoms with Crippen molar-refractivity contribution in [2.24, 2.45) is 17.3 Å². The van der Waals surface area contributed by atoms with Gasteiger partial charge < -0.3 is 14.9 Å². The highest BCUT2D eigenvalue weighted by atomic mass is 16.6. The van der Waals surface area contributed by atoms with Gasteiger partial charge in [-0.15, -0.1) is 6.58 Å². The maximum Gasteiger partial charge on any atom is 0.308 e. The zero-order chi connectivity index (χ0) is 19.3. The minimum atomic E-state index is -1.18. The van der Waals surface area contributed by atoms with Crippen LogP contribution < -0.4 is 0 Å². The molecule has 0 spiro atoms. The van der Waals surface area contributed by atoms with Crippen LogP contribution in [-0.4, -0.2) is 39.8 Å². The molecule has 0 aromatic carbocycles. The van der Waals surface area contributed by atoms with Gasteiger partial charge in [0.25, 0.3) is 0 Å². The molecule has 2 N–H and O–H groups in total. The quantitative estimate of drug-likeness (QED) is 0.497. The number of Topliss-reactive ketones (excluding diaryl/α,β-unsaturated/α-hetero) is 1. The lowest BCUT2D eigenvalue weighted by molar-refractivity contribution is -0.160. The maximum atomic E-state index is 12.7. The van der Waals surface area contributed by atoms with Crippen LogP contribution in [0.2, 0.25) is 0 Å². The van der Waals surface area contributed by atoms with Crippen LogP contribution >= 0.6 is 0 Å². The lowest BCUT2D eigenvalue weighted by Crippen LogP contribution is -2.45. The van der Waals surface area contributed by atoms with Gasteiger partial charge in [0.15, 0.2) is 0 Å². The van der Waals surface area contributed by atoms with Gasteiger partial charge in [-0.2, -0.15) is 0 Å². The topological polar surface area (TPSA) is 83.8 Å². The zero-order valence-electron chi connectivity index (χ0n) is 16.1. The van der Waals surface area contributed by atoms with E-state index in [1.165, 1.54) is 0 Å². The number of hydrogen-bond donors (Lipinski definition) is 2. The summed E-state index contributed by atoms with van der Waals surface area (Å²) in [6.45, 7) is 15.5. The van der Waals surface area contributed by atoms with Gasteiger partial charge in [0, 0.05) is 5.92 Å². The lowest BCUT2D eigenvalue weighted by Gasteiger charge is -2.34. The van der Waals surface area contributed by atoms with Gasteiger partial charge in [-0.3, -0.25) is 9.59 Å². The van der Waals surface area contributed by atoms with Gasteiger partial charge in [0.1, 0.15) is 11.4 Å². The highest BCUT2D eigenvalue weighted by Gasteiger charge is 2.42. The lowest BCUT2D eigenvalue weighted by atomic mass is 9.73. The molecule has 5 heteroatoms. The van der Waals surface area contributed by atoms with Gasteiger partial charge >= 0.3 is 5.97 Å². The molecule has 0 rings (SSSR count). The van der Waals surface area contributed by atoms with Crippen molar-refractivity contribution in [2.75, 3.05) is 0 Å². The standard InChI is InChI=1S/C19H34O5/c1-9-10-12(2)16(22)13(3)17(23)19(7,8)14(20)11-15(21)24-18(4,5)6/h9,12-14,16,20,22H,1,10-11H2,2-8H3/t12-,13+,14-,16-/m0/s1. The fraction of sp³-hybridized carbons (Fsp3) is 0.789. The summed E-state index contributed by atoms with van der Waals surface area (Å²) in [6.07, 6.45) is 0.0293. The molecule has 0 radical (unpaired) electrons. The Hall–Kier alpha value is -1.20. The number of allylic oxidation sites excluding steroid dienone is 1. The summed E-state index contributed by atoms with van der Waals surface area (Å²) < 4.78 is 5.19. The first-order valence-corrected chi connectivity index (χ1v) is 8.47. The minimum Gasteiger partial charge on any atom is -0.460 e. The highest BCUT2D eigenvalue weighted by molar-refractivity contribution is 5.87. The summed E-state index contributed by atoms with van der Waals surface area (Å²) in [5, 5.41) is 20.7. The van der Waals surface area contributed by atoms with Crippen molar-refractivity contribution in [2.45, 2.75) is 79.1 Å². The zero-order valence-corrected chi connectivity index (χ0v) is 16.1. The van der Waals surface area contributed by atoms with Crippen molar-refractivity contribution in [3.8, 4) is 0 Å². The van der Waals surface area contributed by atoms with Crippen molar-refractivity contribution >= 4 is 11.8 Å². The van der Waals surface area contributed by atoms with Gasteiger partial charge in [-0.25, -0.2) is 0 Å². The smallest absolute Gasteiger partial charge is 0.308 e. The van der Waals surface area contributed by atoms with E-state index in [1.54, 1.807) is 47.6 Å². The van der Waals surface area contributed by atoms with Crippen LogP contribution in [0.15, 0.2) is 12.7 Å². The van der Waals surface area contributed by atoms with Gasteiger partial charge in [0.2, 0.25) is 0 Å². The Bertz CT molecular complexity index is 447. The van der Waals surface area contributed by atoms with E-state index in [2.05, 4.69) is 6.58 Å². The first-order valence-electron chi connectivity index (χ1n) is 8.47. The van der Waals surface area contributed by atoms with Crippen LogP contribution in [0.4, 0.5) is 0 Å². The van der Waals surface area contributed by atoms with E-state index in [0.29, 0.717) is 6.42 Å². The summed E-state index contributed by atoms with van der Waals surface area (Å²) in [5.74, 6) is -1.59. The van der Waals surface area contributed by atoms with Crippen LogP contribution in [0, 0.1) is 17.3 Å². The molecule has 0 aliphatic carbocycles. The molecule has 24 heavy (non-hydrogen) atoms. The molecule has 4 atom stereocenters. The number of carbonyl (C=O) groups excluding carboxylic acids is 2. The van der Waals surface area contributed by atoms with E-state index < -0.39 is 35.1 Å². The molecule has 0 aromatic heterocycles. The molecule has 0 saturated heterocycles. The van der Waals surface area contributed by atoms with E-state index >= 15 is 0 Å². The predicted octanol–water partition coefficient (Wildman–Crippen LogP) is 2.88. The largest absolute Gasteiger partial charge is 0.460 e. The highest BCUT2D eigenvalue weighted by Crippen LogP contribution is 2.31. The molecule has 0 aliphatic heterocycles. The maximum absolute atomic E-state index is 12.7. The minimum absolute atomic E-state index is 0.111.